The smallest absolute Gasteiger partial charge is 0.0602 e. The third kappa shape index (κ3) is 1.42. The van der Waals surface area contributed by atoms with Gasteiger partial charge in [0.05, 0.1) is 6.10 Å². The summed E-state index contributed by atoms with van der Waals surface area (Å²) < 4.78 is 0. The van der Waals surface area contributed by atoms with E-state index >= 15 is 0 Å². The van der Waals surface area contributed by atoms with Crippen molar-refractivity contribution < 1.29 is 5.11 Å². The fourth-order valence-corrected chi connectivity index (χ4v) is 3.55. The number of hydrogen-bond acceptors (Lipinski definition) is 1. The van der Waals surface area contributed by atoms with E-state index in [2.05, 4.69) is 19.9 Å². The molecule has 3 unspecified atom stereocenters. The average Bonchev–Trinajstić information content (AvgIpc) is 2.53. The molecular formula is C13H22O. The van der Waals surface area contributed by atoms with E-state index in [0.29, 0.717) is 0 Å². The molecule has 3 atom stereocenters. The molecule has 2 rings (SSSR count). The van der Waals surface area contributed by atoms with E-state index in [4.69, 9.17) is 0 Å². The van der Waals surface area contributed by atoms with Crippen LogP contribution in [0, 0.1) is 11.3 Å². The molecule has 1 nitrogen and oxygen atoms in total. The summed E-state index contributed by atoms with van der Waals surface area (Å²) in [5.74, 6) is 0.727. The number of aliphatic hydroxyl groups excluding tert-OH is 1. The topological polar surface area (TPSA) is 20.2 Å². The van der Waals surface area contributed by atoms with Gasteiger partial charge in [-0.15, -0.1) is 0 Å². The van der Waals surface area contributed by atoms with Crippen LogP contribution in [0.2, 0.25) is 0 Å². The Bertz CT molecular complexity index is 244. The van der Waals surface area contributed by atoms with E-state index in [0.717, 1.165) is 18.8 Å². The molecule has 14 heavy (non-hydrogen) atoms. The van der Waals surface area contributed by atoms with Crippen molar-refractivity contribution in [3.05, 3.63) is 11.6 Å². The van der Waals surface area contributed by atoms with Crippen molar-refractivity contribution in [1.29, 1.82) is 0 Å². The molecule has 1 saturated carbocycles. The Kier molecular flexibility index (Phi) is 2.70. The van der Waals surface area contributed by atoms with E-state index in [1.54, 1.807) is 0 Å². The summed E-state index contributed by atoms with van der Waals surface area (Å²) in [5.41, 5.74) is 1.79. The molecular weight excluding hydrogens is 172 g/mol. The van der Waals surface area contributed by atoms with Gasteiger partial charge in [0, 0.05) is 5.41 Å². The first-order valence-corrected chi connectivity index (χ1v) is 6.02. The van der Waals surface area contributed by atoms with Crippen LogP contribution in [0.25, 0.3) is 0 Å². The minimum atomic E-state index is -0.0307. The fourth-order valence-electron chi connectivity index (χ4n) is 3.55. The van der Waals surface area contributed by atoms with Crippen LogP contribution in [0.5, 0.6) is 0 Å². The van der Waals surface area contributed by atoms with E-state index < -0.39 is 0 Å². The van der Waals surface area contributed by atoms with Crippen molar-refractivity contribution in [3.8, 4) is 0 Å². The number of allylic oxidation sites excluding steroid dienone is 2. The highest BCUT2D eigenvalue weighted by Gasteiger charge is 2.47. The van der Waals surface area contributed by atoms with Crippen molar-refractivity contribution >= 4 is 0 Å². The Morgan fingerprint density at radius 2 is 2.36 bits per heavy atom. The lowest BCUT2D eigenvalue weighted by molar-refractivity contribution is 0.000151. The zero-order valence-corrected chi connectivity index (χ0v) is 9.42. The van der Waals surface area contributed by atoms with Gasteiger partial charge in [-0.1, -0.05) is 31.4 Å². The van der Waals surface area contributed by atoms with E-state index in [-0.39, 0.29) is 11.5 Å². The molecule has 0 aromatic rings. The maximum atomic E-state index is 10.2. The predicted octanol–water partition coefficient (Wildman–Crippen LogP) is 3.28. The van der Waals surface area contributed by atoms with Crippen molar-refractivity contribution in [2.45, 2.75) is 58.5 Å². The van der Waals surface area contributed by atoms with Gasteiger partial charge in [0.1, 0.15) is 0 Å². The molecule has 1 N–H and O–H groups in total. The largest absolute Gasteiger partial charge is 0.393 e. The SMILES string of the molecule is CCC1CC(C)=CCC12CCCC2O. The third-order valence-electron chi connectivity index (χ3n) is 4.49. The molecule has 0 aromatic carbocycles. The van der Waals surface area contributed by atoms with Gasteiger partial charge in [-0.05, 0) is 38.5 Å². The van der Waals surface area contributed by atoms with E-state index in [9.17, 15) is 5.11 Å². The molecule has 0 heterocycles. The molecule has 80 valence electrons. The Morgan fingerprint density at radius 3 is 2.93 bits per heavy atom. The second-order valence-corrected chi connectivity index (χ2v) is 5.21. The van der Waals surface area contributed by atoms with Crippen molar-refractivity contribution in [1.82, 2.24) is 0 Å². The predicted molar refractivity (Wildman–Crippen MR) is 59.1 cm³/mol. The summed E-state index contributed by atoms with van der Waals surface area (Å²) >= 11 is 0. The van der Waals surface area contributed by atoms with Crippen molar-refractivity contribution in [2.24, 2.45) is 11.3 Å². The van der Waals surface area contributed by atoms with Crippen LogP contribution in [0.1, 0.15) is 52.4 Å². The average molecular weight is 194 g/mol. The minimum Gasteiger partial charge on any atom is -0.393 e. The quantitative estimate of drug-likeness (QED) is 0.635. The van der Waals surface area contributed by atoms with Crippen LogP contribution in [0.3, 0.4) is 0 Å². The van der Waals surface area contributed by atoms with Crippen molar-refractivity contribution in [3.63, 3.8) is 0 Å². The van der Waals surface area contributed by atoms with Gasteiger partial charge >= 0.3 is 0 Å². The van der Waals surface area contributed by atoms with Crippen LogP contribution < -0.4 is 0 Å². The van der Waals surface area contributed by atoms with Gasteiger partial charge in [-0.2, -0.15) is 0 Å². The van der Waals surface area contributed by atoms with Crippen LogP contribution in [0.15, 0.2) is 11.6 Å². The second kappa shape index (κ2) is 3.69. The normalized spacial score (nSPS) is 42.9. The lowest BCUT2D eigenvalue weighted by Crippen LogP contribution is -2.39. The van der Waals surface area contributed by atoms with Gasteiger partial charge in [0.2, 0.25) is 0 Å². The maximum absolute atomic E-state index is 10.2. The first-order chi connectivity index (χ1) is 6.69. The Labute approximate surface area is 87.2 Å². The molecule has 0 aromatic heterocycles. The molecule has 1 spiro atoms. The molecule has 2 aliphatic carbocycles. The summed E-state index contributed by atoms with van der Waals surface area (Å²) in [6.07, 6.45) is 9.40. The standard InChI is InChI=1S/C13H22O/c1-3-11-9-10(2)6-8-13(11)7-4-5-12(13)14/h6,11-12,14H,3-5,7-9H2,1-2H3. The molecule has 0 saturated heterocycles. The van der Waals surface area contributed by atoms with Gasteiger partial charge < -0.3 is 5.11 Å². The monoisotopic (exact) mass is 194 g/mol. The van der Waals surface area contributed by atoms with Gasteiger partial charge in [0.15, 0.2) is 0 Å². The minimum absolute atomic E-state index is 0.0307. The van der Waals surface area contributed by atoms with Crippen LogP contribution in [-0.4, -0.2) is 11.2 Å². The van der Waals surface area contributed by atoms with Crippen LogP contribution in [-0.2, 0) is 0 Å². The number of hydrogen-bond donors (Lipinski definition) is 1. The zero-order chi connectivity index (χ0) is 10.2. The van der Waals surface area contributed by atoms with Gasteiger partial charge in [-0.3, -0.25) is 0 Å². The molecule has 0 amide bonds. The highest BCUT2D eigenvalue weighted by Crippen LogP contribution is 2.52. The number of rotatable bonds is 1. The summed E-state index contributed by atoms with van der Waals surface area (Å²) in [4.78, 5) is 0. The summed E-state index contributed by atoms with van der Waals surface area (Å²) in [5, 5.41) is 10.2. The van der Waals surface area contributed by atoms with Crippen LogP contribution >= 0.6 is 0 Å². The second-order valence-electron chi connectivity index (χ2n) is 5.21. The molecule has 0 bridgehead atoms. The van der Waals surface area contributed by atoms with Crippen molar-refractivity contribution in [2.75, 3.05) is 0 Å². The highest BCUT2D eigenvalue weighted by molar-refractivity contribution is 5.13. The summed E-state index contributed by atoms with van der Waals surface area (Å²) in [7, 11) is 0. The summed E-state index contributed by atoms with van der Waals surface area (Å²) in [6.45, 7) is 4.51. The lowest BCUT2D eigenvalue weighted by Gasteiger charge is -2.42. The van der Waals surface area contributed by atoms with Gasteiger partial charge in [-0.25, -0.2) is 0 Å². The first-order valence-electron chi connectivity index (χ1n) is 6.02. The molecule has 0 radical (unpaired) electrons. The van der Waals surface area contributed by atoms with Crippen LogP contribution in [0.4, 0.5) is 0 Å². The number of aliphatic hydroxyl groups is 1. The van der Waals surface area contributed by atoms with E-state index in [1.165, 1.54) is 31.3 Å². The fraction of sp³-hybridized carbons (Fsp3) is 0.846. The Balaban J connectivity index is 2.24. The molecule has 1 fully saturated rings. The van der Waals surface area contributed by atoms with Gasteiger partial charge in [0.25, 0.3) is 0 Å². The Morgan fingerprint density at radius 1 is 1.57 bits per heavy atom. The molecule has 0 aliphatic heterocycles. The lowest BCUT2D eigenvalue weighted by atomic mass is 9.64. The zero-order valence-electron chi connectivity index (χ0n) is 9.42. The maximum Gasteiger partial charge on any atom is 0.0602 e. The Hall–Kier alpha value is -0.300. The third-order valence-corrected chi connectivity index (χ3v) is 4.49. The highest BCUT2D eigenvalue weighted by atomic mass is 16.3. The molecule has 1 heteroatoms. The van der Waals surface area contributed by atoms with E-state index in [1.807, 2.05) is 0 Å². The summed E-state index contributed by atoms with van der Waals surface area (Å²) in [6, 6.07) is 0. The first kappa shape index (κ1) is 10.2. The molecule has 2 aliphatic rings.